The zero-order valence-electron chi connectivity index (χ0n) is 14.5. The van der Waals surface area contributed by atoms with E-state index in [2.05, 4.69) is 15.3 Å². The van der Waals surface area contributed by atoms with Crippen molar-refractivity contribution in [1.82, 2.24) is 24.9 Å². The Morgan fingerprint density at radius 1 is 1.23 bits per heavy atom. The molecule has 1 aliphatic heterocycles. The molecular formula is C15H19F3N6OS. The molecule has 142 valence electrons. The highest BCUT2D eigenvalue weighted by Gasteiger charge is 2.36. The molecule has 0 atom stereocenters. The summed E-state index contributed by atoms with van der Waals surface area (Å²) in [4.78, 5) is 16.1. The van der Waals surface area contributed by atoms with E-state index < -0.39 is 11.2 Å². The topological polar surface area (TPSA) is 67.2 Å². The SMILES string of the molecule is CCCn1cc(C(=O)N2CCN(c3nnc(C(F)(F)F)s3)CC2)c(C)n1. The Hall–Kier alpha value is -2.17. The van der Waals surface area contributed by atoms with Gasteiger partial charge in [-0.25, -0.2) is 0 Å². The fraction of sp³-hybridized carbons (Fsp3) is 0.600. The molecule has 7 nitrogen and oxygen atoms in total. The van der Waals surface area contributed by atoms with Gasteiger partial charge in [-0.1, -0.05) is 18.3 Å². The second kappa shape index (κ2) is 7.22. The summed E-state index contributed by atoms with van der Waals surface area (Å²) in [6.07, 6.45) is -1.80. The summed E-state index contributed by atoms with van der Waals surface area (Å²) in [5.74, 6) is -0.0993. The average Bonchev–Trinajstić information content (AvgIpc) is 3.22. The van der Waals surface area contributed by atoms with Gasteiger partial charge in [-0.2, -0.15) is 18.3 Å². The number of aromatic nitrogens is 4. The lowest BCUT2D eigenvalue weighted by atomic mass is 10.2. The summed E-state index contributed by atoms with van der Waals surface area (Å²) in [5, 5.41) is 10.5. The molecule has 1 fully saturated rings. The molecule has 0 aliphatic carbocycles. The number of carbonyl (C=O) groups excluding carboxylic acids is 1. The Bertz CT molecular complexity index is 779. The zero-order valence-corrected chi connectivity index (χ0v) is 15.3. The van der Waals surface area contributed by atoms with E-state index in [4.69, 9.17) is 0 Å². The largest absolute Gasteiger partial charge is 0.445 e. The van der Waals surface area contributed by atoms with E-state index in [1.54, 1.807) is 27.6 Å². The molecule has 0 saturated carbocycles. The highest BCUT2D eigenvalue weighted by Crippen LogP contribution is 2.34. The summed E-state index contributed by atoms with van der Waals surface area (Å²) in [5.41, 5.74) is 1.26. The van der Waals surface area contributed by atoms with Crippen LogP contribution in [0.5, 0.6) is 0 Å². The number of aryl methyl sites for hydroxylation is 2. The van der Waals surface area contributed by atoms with Gasteiger partial charge >= 0.3 is 6.18 Å². The number of piperazine rings is 1. The average molecular weight is 388 g/mol. The quantitative estimate of drug-likeness (QED) is 0.805. The normalized spacial score (nSPS) is 15.6. The van der Waals surface area contributed by atoms with Crippen molar-refractivity contribution in [3.05, 3.63) is 22.5 Å². The molecule has 0 N–H and O–H groups in total. The molecule has 26 heavy (non-hydrogen) atoms. The van der Waals surface area contributed by atoms with Gasteiger partial charge < -0.3 is 9.80 Å². The standard InChI is InChI=1S/C15H19F3N6OS/c1-3-4-24-9-11(10(2)21-24)12(25)22-5-7-23(8-6-22)14-20-19-13(26-14)15(16,17)18/h9H,3-8H2,1-2H3. The summed E-state index contributed by atoms with van der Waals surface area (Å²) < 4.78 is 39.7. The molecule has 11 heteroatoms. The minimum Gasteiger partial charge on any atom is -0.343 e. The number of nitrogens with zero attached hydrogens (tertiary/aromatic N) is 6. The molecule has 3 heterocycles. The molecule has 1 aliphatic rings. The minimum absolute atomic E-state index is 0.0993. The molecule has 2 aromatic heterocycles. The third kappa shape index (κ3) is 3.81. The Morgan fingerprint density at radius 2 is 1.92 bits per heavy atom. The van der Waals surface area contributed by atoms with Crippen LogP contribution >= 0.6 is 11.3 Å². The van der Waals surface area contributed by atoms with Crippen molar-refractivity contribution >= 4 is 22.4 Å². The molecule has 0 spiro atoms. The first kappa shape index (κ1) is 18.6. The van der Waals surface area contributed by atoms with Crippen LogP contribution in [0.4, 0.5) is 18.3 Å². The van der Waals surface area contributed by atoms with Gasteiger partial charge in [0.15, 0.2) is 0 Å². The number of halogens is 3. The predicted molar refractivity (Wildman–Crippen MR) is 90.3 cm³/mol. The molecule has 0 radical (unpaired) electrons. The van der Waals surface area contributed by atoms with Crippen molar-refractivity contribution in [1.29, 1.82) is 0 Å². The van der Waals surface area contributed by atoms with Gasteiger partial charge in [0.1, 0.15) is 0 Å². The first-order valence-corrected chi connectivity index (χ1v) is 9.10. The third-order valence-corrected chi connectivity index (χ3v) is 5.15. The predicted octanol–water partition coefficient (Wildman–Crippen LogP) is 2.43. The Kier molecular flexibility index (Phi) is 5.17. The van der Waals surface area contributed by atoms with Crippen molar-refractivity contribution in [2.45, 2.75) is 33.0 Å². The van der Waals surface area contributed by atoms with Crippen molar-refractivity contribution < 1.29 is 18.0 Å². The van der Waals surface area contributed by atoms with Gasteiger partial charge in [-0.15, -0.1) is 10.2 Å². The van der Waals surface area contributed by atoms with E-state index in [1.807, 2.05) is 6.92 Å². The van der Waals surface area contributed by atoms with Gasteiger partial charge in [-0.3, -0.25) is 9.48 Å². The van der Waals surface area contributed by atoms with E-state index in [0.29, 0.717) is 48.8 Å². The van der Waals surface area contributed by atoms with Crippen LogP contribution < -0.4 is 4.90 Å². The molecule has 1 saturated heterocycles. The fourth-order valence-electron chi connectivity index (χ4n) is 2.80. The molecule has 1 amide bonds. The maximum atomic E-state index is 12.7. The lowest BCUT2D eigenvalue weighted by molar-refractivity contribution is -0.138. The Balaban J connectivity index is 1.63. The van der Waals surface area contributed by atoms with Crippen LogP contribution in [0.1, 0.15) is 34.4 Å². The Morgan fingerprint density at radius 3 is 2.50 bits per heavy atom. The first-order valence-electron chi connectivity index (χ1n) is 8.28. The van der Waals surface area contributed by atoms with E-state index in [0.717, 1.165) is 13.0 Å². The number of rotatable bonds is 4. The van der Waals surface area contributed by atoms with Crippen LogP contribution in [0.25, 0.3) is 0 Å². The van der Waals surface area contributed by atoms with E-state index >= 15 is 0 Å². The van der Waals surface area contributed by atoms with Gasteiger partial charge in [0.2, 0.25) is 10.1 Å². The molecule has 0 unspecified atom stereocenters. The molecular weight excluding hydrogens is 369 g/mol. The van der Waals surface area contributed by atoms with Crippen LogP contribution in [0.2, 0.25) is 0 Å². The number of alkyl halides is 3. The lowest BCUT2D eigenvalue weighted by Gasteiger charge is -2.34. The van der Waals surface area contributed by atoms with E-state index in [-0.39, 0.29) is 11.0 Å². The number of hydrogen-bond donors (Lipinski definition) is 0. The smallest absolute Gasteiger partial charge is 0.343 e. The van der Waals surface area contributed by atoms with E-state index in [9.17, 15) is 18.0 Å². The maximum absolute atomic E-state index is 12.7. The summed E-state index contributed by atoms with van der Waals surface area (Å²) in [6.45, 7) is 6.25. The number of hydrogen-bond acceptors (Lipinski definition) is 6. The van der Waals surface area contributed by atoms with Crippen LogP contribution in [-0.2, 0) is 12.7 Å². The molecule has 3 rings (SSSR count). The molecule has 0 bridgehead atoms. The summed E-state index contributed by atoms with van der Waals surface area (Å²) >= 11 is 0.526. The lowest BCUT2D eigenvalue weighted by Crippen LogP contribution is -2.48. The van der Waals surface area contributed by atoms with Crippen molar-refractivity contribution in [2.75, 3.05) is 31.1 Å². The highest BCUT2D eigenvalue weighted by molar-refractivity contribution is 7.15. The van der Waals surface area contributed by atoms with Gasteiger partial charge in [0.25, 0.3) is 5.91 Å². The number of amides is 1. The first-order chi connectivity index (χ1) is 12.3. The highest BCUT2D eigenvalue weighted by atomic mass is 32.1. The third-order valence-electron chi connectivity index (χ3n) is 4.12. The maximum Gasteiger partial charge on any atom is 0.445 e. The molecule has 0 aromatic carbocycles. The monoisotopic (exact) mass is 388 g/mol. The van der Waals surface area contributed by atoms with Crippen molar-refractivity contribution in [3.63, 3.8) is 0 Å². The van der Waals surface area contributed by atoms with Crippen LogP contribution in [0.3, 0.4) is 0 Å². The second-order valence-corrected chi connectivity index (χ2v) is 7.01. The summed E-state index contributed by atoms with van der Waals surface area (Å²) in [6, 6.07) is 0. The zero-order chi connectivity index (χ0) is 18.9. The van der Waals surface area contributed by atoms with Crippen LogP contribution in [0, 0.1) is 6.92 Å². The van der Waals surface area contributed by atoms with Gasteiger partial charge in [0.05, 0.1) is 11.3 Å². The second-order valence-electron chi connectivity index (χ2n) is 6.06. The van der Waals surface area contributed by atoms with Gasteiger partial charge in [0, 0.05) is 38.9 Å². The summed E-state index contributed by atoms with van der Waals surface area (Å²) in [7, 11) is 0. The molecule has 2 aromatic rings. The van der Waals surface area contributed by atoms with Crippen LogP contribution in [0.15, 0.2) is 6.20 Å². The Labute approximate surface area is 152 Å². The van der Waals surface area contributed by atoms with Crippen molar-refractivity contribution in [2.24, 2.45) is 0 Å². The van der Waals surface area contributed by atoms with E-state index in [1.165, 1.54) is 0 Å². The van der Waals surface area contributed by atoms with Crippen molar-refractivity contribution in [3.8, 4) is 0 Å². The number of carbonyl (C=O) groups is 1. The number of anilines is 1. The minimum atomic E-state index is -4.48. The van der Waals surface area contributed by atoms with Crippen LogP contribution in [-0.4, -0.2) is 57.0 Å². The van der Waals surface area contributed by atoms with Gasteiger partial charge in [-0.05, 0) is 13.3 Å². The fourth-order valence-corrected chi connectivity index (χ4v) is 3.56.